The SMILES string of the molecule is COCCNC(=O)CN(C)c1c(F)cc(CO)cc1F. The van der Waals surface area contributed by atoms with Gasteiger partial charge in [0.1, 0.15) is 17.3 Å². The van der Waals surface area contributed by atoms with Gasteiger partial charge >= 0.3 is 0 Å². The zero-order chi connectivity index (χ0) is 15.1. The minimum Gasteiger partial charge on any atom is -0.392 e. The molecule has 5 nitrogen and oxygen atoms in total. The maximum absolute atomic E-state index is 13.8. The number of amides is 1. The number of nitrogens with zero attached hydrogens (tertiary/aromatic N) is 1. The Bertz CT molecular complexity index is 446. The molecule has 0 aromatic heterocycles. The van der Waals surface area contributed by atoms with E-state index in [4.69, 9.17) is 9.84 Å². The minimum atomic E-state index is -0.818. The predicted molar refractivity (Wildman–Crippen MR) is 70.4 cm³/mol. The van der Waals surface area contributed by atoms with Crippen LogP contribution in [0, 0.1) is 11.6 Å². The number of carbonyl (C=O) groups excluding carboxylic acids is 1. The van der Waals surface area contributed by atoms with Crippen LogP contribution in [-0.4, -0.2) is 44.9 Å². The third-order valence-electron chi connectivity index (χ3n) is 2.65. The fourth-order valence-corrected chi connectivity index (χ4v) is 1.72. The van der Waals surface area contributed by atoms with Crippen molar-refractivity contribution in [3.8, 4) is 0 Å². The number of benzene rings is 1. The molecule has 7 heteroatoms. The maximum atomic E-state index is 13.8. The van der Waals surface area contributed by atoms with Gasteiger partial charge in [-0.3, -0.25) is 4.79 Å². The van der Waals surface area contributed by atoms with Crippen LogP contribution in [0.25, 0.3) is 0 Å². The summed E-state index contributed by atoms with van der Waals surface area (Å²) in [5, 5.41) is 11.4. The Morgan fingerprint density at radius 2 is 2.00 bits per heavy atom. The standard InChI is InChI=1S/C13H18F2N2O3/c1-17(7-12(19)16-3-4-20-2)13-10(14)5-9(8-18)6-11(13)15/h5-6,18H,3-4,7-8H2,1-2H3,(H,16,19). The smallest absolute Gasteiger partial charge is 0.239 e. The van der Waals surface area contributed by atoms with E-state index in [9.17, 15) is 13.6 Å². The van der Waals surface area contributed by atoms with Crippen LogP contribution < -0.4 is 10.2 Å². The van der Waals surface area contributed by atoms with Crippen molar-refractivity contribution in [1.29, 1.82) is 0 Å². The van der Waals surface area contributed by atoms with Crippen LogP contribution >= 0.6 is 0 Å². The van der Waals surface area contributed by atoms with Gasteiger partial charge in [0.15, 0.2) is 0 Å². The lowest BCUT2D eigenvalue weighted by atomic mass is 10.2. The van der Waals surface area contributed by atoms with Gasteiger partial charge in [-0.15, -0.1) is 0 Å². The van der Waals surface area contributed by atoms with Crippen LogP contribution in [0.2, 0.25) is 0 Å². The van der Waals surface area contributed by atoms with E-state index < -0.39 is 18.2 Å². The average molecular weight is 288 g/mol. The third kappa shape index (κ3) is 4.43. The number of methoxy groups -OCH3 is 1. The Morgan fingerprint density at radius 3 is 2.50 bits per heavy atom. The summed E-state index contributed by atoms with van der Waals surface area (Å²) in [6.07, 6.45) is 0. The van der Waals surface area contributed by atoms with E-state index in [0.29, 0.717) is 13.2 Å². The van der Waals surface area contributed by atoms with Crippen LogP contribution in [0.5, 0.6) is 0 Å². The summed E-state index contributed by atoms with van der Waals surface area (Å²) in [5.41, 5.74) is -0.161. The Kier molecular flexibility index (Phi) is 6.33. The molecule has 0 radical (unpaired) electrons. The molecule has 1 rings (SSSR count). The van der Waals surface area contributed by atoms with Crippen LogP contribution in [0.1, 0.15) is 5.56 Å². The molecule has 0 saturated heterocycles. The van der Waals surface area contributed by atoms with Gasteiger partial charge in [-0.25, -0.2) is 8.78 Å². The molecule has 0 atom stereocenters. The zero-order valence-electron chi connectivity index (χ0n) is 11.4. The van der Waals surface area contributed by atoms with Gasteiger partial charge in [-0.05, 0) is 17.7 Å². The summed E-state index contributed by atoms with van der Waals surface area (Å²) in [6.45, 7) is 0.0618. The molecule has 0 aliphatic rings. The van der Waals surface area contributed by atoms with Crippen molar-refractivity contribution in [3.05, 3.63) is 29.3 Å². The van der Waals surface area contributed by atoms with Crippen molar-refractivity contribution in [1.82, 2.24) is 5.32 Å². The Morgan fingerprint density at radius 1 is 1.40 bits per heavy atom. The van der Waals surface area contributed by atoms with Crippen molar-refractivity contribution < 1.29 is 23.4 Å². The van der Waals surface area contributed by atoms with Crippen molar-refractivity contribution in [2.75, 3.05) is 38.8 Å². The van der Waals surface area contributed by atoms with E-state index in [0.717, 1.165) is 12.1 Å². The predicted octanol–water partition coefficient (Wildman–Crippen LogP) is 0.656. The highest BCUT2D eigenvalue weighted by Crippen LogP contribution is 2.23. The molecule has 0 fully saturated rings. The highest BCUT2D eigenvalue weighted by atomic mass is 19.1. The summed E-state index contributed by atoms with van der Waals surface area (Å²) in [6, 6.07) is 2.08. The van der Waals surface area contributed by atoms with Crippen molar-refractivity contribution in [3.63, 3.8) is 0 Å². The highest BCUT2D eigenvalue weighted by Gasteiger charge is 2.17. The molecule has 2 N–H and O–H groups in total. The average Bonchev–Trinajstić information content (AvgIpc) is 2.37. The number of rotatable bonds is 7. The number of aliphatic hydroxyl groups excluding tert-OH is 1. The first kappa shape index (κ1) is 16.3. The molecule has 0 aliphatic heterocycles. The van der Waals surface area contributed by atoms with Crippen LogP contribution in [-0.2, 0) is 16.1 Å². The Balaban J connectivity index is 2.72. The minimum absolute atomic E-state index is 0.140. The topological polar surface area (TPSA) is 61.8 Å². The molecule has 1 aromatic rings. The molecule has 1 aromatic carbocycles. The second kappa shape index (κ2) is 7.76. The quantitative estimate of drug-likeness (QED) is 0.724. The first-order valence-corrected chi connectivity index (χ1v) is 6.05. The van der Waals surface area contributed by atoms with Crippen molar-refractivity contribution in [2.24, 2.45) is 0 Å². The van der Waals surface area contributed by atoms with E-state index in [1.54, 1.807) is 0 Å². The largest absolute Gasteiger partial charge is 0.392 e. The molecular weight excluding hydrogens is 270 g/mol. The number of likely N-dealkylation sites (N-methyl/N-ethyl adjacent to an activating group) is 1. The van der Waals surface area contributed by atoms with Crippen molar-refractivity contribution >= 4 is 11.6 Å². The van der Waals surface area contributed by atoms with Gasteiger partial charge in [-0.1, -0.05) is 0 Å². The summed E-state index contributed by atoms with van der Waals surface area (Å²) in [5.74, 6) is -2.00. The Labute approximate surface area is 116 Å². The molecule has 1 amide bonds. The molecule has 0 bridgehead atoms. The number of halogens is 2. The maximum Gasteiger partial charge on any atom is 0.239 e. The van der Waals surface area contributed by atoms with Crippen LogP contribution in [0.4, 0.5) is 14.5 Å². The van der Waals surface area contributed by atoms with Gasteiger partial charge in [0.05, 0.1) is 19.8 Å². The molecule has 0 spiro atoms. The van der Waals surface area contributed by atoms with E-state index in [1.165, 1.54) is 19.1 Å². The fraction of sp³-hybridized carbons (Fsp3) is 0.462. The molecule has 0 heterocycles. The van der Waals surface area contributed by atoms with Crippen LogP contribution in [0.15, 0.2) is 12.1 Å². The van der Waals surface area contributed by atoms with E-state index >= 15 is 0 Å². The molecule has 0 unspecified atom stereocenters. The number of nitrogens with one attached hydrogen (secondary N) is 1. The van der Waals surface area contributed by atoms with E-state index in [-0.39, 0.29) is 23.7 Å². The van der Waals surface area contributed by atoms with Crippen molar-refractivity contribution in [2.45, 2.75) is 6.61 Å². The normalized spacial score (nSPS) is 10.4. The third-order valence-corrected chi connectivity index (χ3v) is 2.65. The lowest BCUT2D eigenvalue weighted by Crippen LogP contribution is -2.37. The molecular formula is C13H18F2N2O3. The number of hydrogen-bond acceptors (Lipinski definition) is 4. The van der Waals surface area contributed by atoms with Gasteiger partial charge in [-0.2, -0.15) is 0 Å². The van der Waals surface area contributed by atoms with Gasteiger partial charge in [0, 0.05) is 20.7 Å². The first-order valence-electron chi connectivity index (χ1n) is 6.05. The number of anilines is 1. The fourth-order valence-electron chi connectivity index (χ4n) is 1.72. The molecule has 20 heavy (non-hydrogen) atoms. The lowest BCUT2D eigenvalue weighted by molar-refractivity contribution is -0.119. The second-order valence-electron chi connectivity index (χ2n) is 4.27. The molecule has 112 valence electrons. The highest BCUT2D eigenvalue weighted by molar-refractivity contribution is 5.81. The summed E-state index contributed by atoms with van der Waals surface area (Å²) >= 11 is 0. The number of ether oxygens (including phenoxy) is 1. The summed E-state index contributed by atoms with van der Waals surface area (Å²) < 4.78 is 32.3. The van der Waals surface area contributed by atoms with Crippen LogP contribution in [0.3, 0.4) is 0 Å². The monoisotopic (exact) mass is 288 g/mol. The number of hydrogen-bond donors (Lipinski definition) is 2. The van der Waals surface area contributed by atoms with Gasteiger partial charge in [0.25, 0.3) is 0 Å². The summed E-state index contributed by atoms with van der Waals surface area (Å²) in [4.78, 5) is 12.7. The number of aliphatic hydroxyl groups is 1. The zero-order valence-corrected chi connectivity index (χ0v) is 11.4. The lowest BCUT2D eigenvalue weighted by Gasteiger charge is -2.20. The van der Waals surface area contributed by atoms with E-state index in [2.05, 4.69) is 5.32 Å². The van der Waals surface area contributed by atoms with Gasteiger partial charge < -0.3 is 20.1 Å². The Hall–Kier alpha value is -1.73. The van der Waals surface area contributed by atoms with E-state index in [1.807, 2.05) is 0 Å². The second-order valence-corrected chi connectivity index (χ2v) is 4.27. The van der Waals surface area contributed by atoms with Gasteiger partial charge in [0.2, 0.25) is 5.91 Å². The summed E-state index contributed by atoms with van der Waals surface area (Å²) in [7, 11) is 2.92. The molecule has 0 aliphatic carbocycles. The number of carbonyl (C=O) groups is 1. The first-order chi connectivity index (χ1) is 9.49. The molecule has 0 saturated carbocycles.